The second kappa shape index (κ2) is 3.91. The van der Waals surface area contributed by atoms with Crippen molar-refractivity contribution >= 4 is 5.97 Å². The third-order valence-corrected chi connectivity index (χ3v) is 1.35. The Hall–Kier alpha value is -1.55. The molecule has 0 aromatic rings. The summed E-state index contributed by atoms with van der Waals surface area (Å²) in [5, 5.41) is 9.15. The lowest BCUT2D eigenvalue weighted by molar-refractivity contribution is -0.141. The molecule has 4 nitrogen and oxygen atoms in total. The fourth-order valence-corrected chi connectivity index (χ4v) is 0.682. The van der Waals surface area contributed by atoms with Crippen LogP contribution in [0.4, 0.5) is 0 Å². The topological polar surface area (TPSA) is 55.8 Å². The molecule has 1 rings (SSSR count). The van der Waals surface area contributed by atoms with Gasteiger partial charge < -0.3 is 14.6 Å². The van der Waals surface area contributed by atoms with Crippen LogP contribution >= 0.6 is 0 Å². The van der Waals surface area contributed by atoms with Crippen molar-refractivity contribution in [3.8, 4) is 0 Å². The van der Waals surface area contributed by atoms with Crippen LogP contribution in [-0.2, 0) is 14.3 Å². The molecule has 0 saturated heterocycles. The Morgan fingerprint density at radius 1 is 1.77 bits per heavy atom. The molecule has 0 bridgehead atoms. The predicted octanol–water partition coefficient (Wildman–Crippen LogP) is 0.852. The minimum atomic E-state index is -1.21. The second-order valence-corrected chi connectivity index (χ2v) is 2.56. The van der Waals surface area contributed by atoms with E-state index in [2.05, 4.69) is 11.3 Å². The highest BCUT2D eigenvalue weighted by Gasteiger charge is 2.18. The van der Waals surface area contributed by atoms with Crippen molar-refractivity contribution < 1.29 is 19.4 Å². The summed E-state index contributed by atoms with van der Waals surface area (Å²) in [4.78, 5) is 11.0. The van der Waals surface area contributed by atoms with Gasteiger partial charge in [0.1, 0.15) is 0 Å². The summed E-state index contributed by atoms with van der Waals surface area (Å²) in [6.45, 7) is 4.93. The molecule has 0 radical (unpaired) electrons. The van der Waals surface area contributed by atoms with Crippen molar-refractivity contribution in [2.45, 2.75) is 13.2 Å². The predicted molar refractivity (Wildman–Crippen MR) is 45.2 cm³/mol. The average Bonchev–Trinajstić information content (AvgIpc) is 2.08. The highest BCUT2D eigenvalue weighted by atomic mass is 16.6. The van der Waals surface area contributed by atoms with Crippen LogP contribution in [0, 0.1) is 0 Å². The van der Waals surface area contributed by atoms with Gasteiger partial charge in [-0.05, 0) is 19.1 Å². The number of hydrogen-bond acceptors (Lipinski definition) is 4. The lowest BCUT2D eigenvalue weighted by Gasteiger charge is -2.16. The van der Waals surface area contributed by atoms with Crippen LogP contribution in [0.15, 0.2) is 36.3 Å². The quantitative estimate of drug-likeness (QED) is 0.508. The number of hydrogen-bond donors (Lipinski definition) is 1. The highest BCUT2D eigenvalue weighted by molar-refractivity contribution is 5.87. The standard InChI is InChI=1S/C9H10O4/c1-6(2)8(10)13-7-4-3-5-12-9(7)11/h3-5,9,11H,1H2,2H3. The van der Waals surface area contributed by atoms with Crippen molar-refractivity contribution in [2.75, 3.05) is 0 Å². The molecule has 0 saturated carbocycles. The van der Waals surface area contributed by atoms with Gasteiger partial charge in [0.25, 0.3) is 6.29 Å². The van der Waals surface area contributed by atoms with Crippen LogP contribution in [0.5, 0.6) is 0 Å². The van der Waals surface area contributed by atoms with E-state index >= 15 is 0 Å². The fraction of sp³-hybridized carbons (Fsp3) is 0.222. The van der Waals surface area contributed by atoms with E-state index in [4.69, 9.17) is 9.84 Å². The Kier molecular flexibility index (Phi) is 2.87. The molecule has 0 aromatic heterocycles. The molecule has 0 amide bonds. The van der Waals surface area contributed by atoms with Gasteiger partial charge in [0.2, 0.25) is 0 Å². The van der Waals surface area contributed by atoms with Gasteiger partial charge in [0.05, 0.1) is 6.26 Å². The van der Waals surface area contributed by atoms with Gasteiger partial charge >= 0.3 is 5.97 Å². The Labute approximate surface area is 75.8 Å². The molecule has 0 spiro atoms. The largest absolute Gasteiger partial charge is 0.465 e. The Morgan fingerprint density at radius 3 is 3.00 bits per heavy atom. The van der Waals surface area contributed by atoms with Gasteiger partial charge in [-0.2, -0.15) is 0 Å². The Bertz CT molecular complexity index is 288. The van der Waals surface area contributed by atoms with Crippen LogP contribution in [0.25, 0.3) is 0 Å². The van der Waals surface area contributed by atoms with Crippen LogP contribution < -0.4 is 0 Å². The third-order valence-electron chi connectivity index (χ3n) is 1.35. The van der Waals surface area contributed by atoms with Crippen molar-refractivity contribution in [2.24, 2.45) is 0 Å². The summed E-state index contributed by atoms with van der Waals surface area (Å²) in [5.74, 6) is -0.514. The number of carbonyl (C=O) groups excluding carboxylic acids is 1. The van der Waals surface area contributed by atoms with E-state index in [9.17, 15) is 4.79 Å². The lowest BCUT2D eigenvalue weighted by atomic mass is 10.3. The van der Waals surface area contributed by atoms with Crippen LogP contribution in [-0.4, -0.2) is 17.4 Å². The van der Waals surface area contributed by atoms with Crippen molar-refractivity contribution in [3.63, 3.8) is 0 Å². The van der Waals surface area contributed by atoms with E-state index in [1.807, 2.05) is 0 Å². The van der Waals surface area contributed by atoms with E-state index in [0.29, 0.717) is 0 Å². The van der Waals surface area contributed by atoms with E-state index in [0.717, 1.165) is 0 Å². The lowest BCUT2D eigenvalue weighted by Crippen LogP contribution is -2.19. The van der Waals surface area contributed by atoms with Crippen LogP contribution in [0.1, 0.15) is 6.92 Å². The molecule has 13 heavy (non-hydrogen) atoms. The first kappa shape index (κ1) is 9.54. The van der Waals surface area contributed by atoms with Gasteiger partial charge in [-0.3, -0.25) is 0 Å². The molecule has 0 fully saturated rings. The number of ether oxygens (including phenoxy) is 2. The number of allylic oxidation sites excluding steroid dienone is 2. The third kappa shape index (κ3) is 2.45. The number of carbonyl (C=O) groups is 1. The molecule has 1 aliphatic rings. The number of rotatable bonds is 2. The molecule has 1 heterocycles. The first-order valence-corrected chi connectivity index (χ1v) is 3.69. The van der Waals surface area contributed by atoms with E-state index in [-0.39, 0.29) is 11.3 Å². The summed E-state index contributed by atoms with van der Waals surface area (Å²) < 4.78 is 9.43. The smallest absolute Gasteiger partial charge is 0.338 e. The first-order valence-electron chi connectivity index (χ1n) is 3.69. The highest BCUT2D eigenvalue weighted by Crippen LogP contribution is 2.13. The number of aliphatic hydroxyl groups excluding tert-OH is 1. The molecular weight excluding hydrogens is 172 g/mol. The second-order valence-electron chi connectivity index (χ2n) is 2.56. The van der Waals surface area contributed by atoms with Crippen molar-refractivity contribution in [1.29, 1.82) is 0 Å². The van der Waals surface area contributed by atoms with Crippen molar-refractivity contribution in [3.05, 3.63) is 36.3 Å². The average molecular weight is 182 g/mol. The number of aliphatic hydroxyl groups is 1. The summed E-state index contributed by atoms with van der Waals surface area (Å²) in [5.41, 5.74) is 0.266. The monoisotopic (exact) mass is 182 g/mol. The van der Waals surface area contributed by atoms with Crippen molar-refractivity contribution in [1.82, 2.24) is 0 Å². The van der Waals surface area contributed by atoms with Crippen LogP contribution in [0.3, 0.4) is 0 Å². The summed E-state index contributed by atoms with van der Waals surface area (Å²) in [7, 11) is 0. The maximum absolute atomic E-state index is 11.0. The van der Waals surface area contributed by atoms with Gasteiger partial charge in [0.15, 0.2) is 5.76 Å². The Balaban J connectivity index is 2.62. The van der Waals surface area contributed by atoms with Gasteiger partial charge in [-0.1, -0.05) is 6.58 Å². The summed E-state index contributed by atoms with van der Waals surface area (Å²) >= 11 is 0. The maximum atomic E-state index is 11.0. The SMILES string of the molecule is C=C(C)C(=O)OC1=CC=COC1O. The zero-order chi connectivity index (χ0) is 9.84. The molecule has 1 aliphatic heterocycles. The summed E-state index contributed by atoms with van der Waals surface area (Å²) in [6.07, 6.45) is 3.07. The minimum absolute atomic E-state index is 0.0653. The molecular formula is C9H10O4. The zero-order valence-electron chi connectivity index (χ0n) is 7.19. The molecule has 1 unspecified atom stereocenters. The van der Waals surface area contributed by atoms with Gasteiger partial charge in [-0.15, -0.1) is 0 Å². The molecule has 0 aromatic carbocycles. The molecule has 4 heteroatoms. The summed E-state index contributed by atoms with van der Waals surface area (Å²) in [6, 6.07) is 0. The fourth-order valence-electron chi connectivity index (χ4n) is 0.682. The zero-order valence-corrected chi connectivity index (χ0v) is 7.19. The van der Waals surface area contributed by atoms with E-state index < -0.39 is 12.3 Å². The van der Waals surface area contributed by atoms with E-state index in [1.54, 1.807) is 0 Å². The molecule has 1 N–H and O–H groups in total. The Morgan fingerprint density at radius 2 is 2.46 bits per heavy atom. The minimum Gasteiger partial charge on any atom is -0.465 e. The van der Waals surface area contributed by atoms with E-state index in [1.165, 1.54) is 25.3 Å². The van der Waals surface area contributed by atoms with Gasteiger partial charge in [0, 0.05) is 5.57 Å². The van der Waals surface area contributed by atoms with Gasteiger partial charge in [-0.25, -0.2) is 4.79 Å². The van der Waals surface area contributed by atoms with Crippen LogP contribution in [0.2, 0.25) is 0 Å². The maximum Gasteiger partial charge on any atom is 0.338 e. The molecule has 70 valence electrons. The number of esters is 1. The normalized spacial score (nSPS) is 20.2. The molecule has 1 atom stereocenters. The molecule has 0 aliphatic carbocycles. The first-order chi connectivity index (χ1) is 6.11.